The minimum Gasteiger partial charge on any atom is -0.370 e. The molecule has 3 aromatic carbocycles. The van der Waals surface area contributed by atoms with E-state index >= 15 is 0 Å². The van der Waals surface area contributed by atoms with Gasteiger partial charge in [0.1, 0.15) is 0 Å². The van der Waals surface area contributed by atoms with Crippen molar-refractivity contribution in [1.82, 2.24) is 0 Å². The van der Waals surface area contributed by atoms with Gasteiger partial charge in [-0.2, -0.15) is 0 Å². The first-order valence-electron chi connectivity index (χ1n) is 8.54. The molecule has 0 saturated carbocycles. The highest BCUT2D eigenvalue weighted by molar-refractivity contribution is 6.34. The van der Waals surface area contributed by atoms with Crippen molar-refractivity contribution in [3.63, 3.8) is 0 Å². The van der Waals surface area contributed by atoms with E-state index < -0.39 is 10.8 Å². The van der Waals surface area contributed by atoms with Crippen LogP contribution in [0.4, 0.5) is 17.1 Å². The van der Waals surface area contributed by atoms with Gasteiger partial charge in [0.15, 0.2) is 0 Å². The number of nitrogens with one attached hydrogen (secondary N) is 1. The van der Waals surface area contributed by atoms with E-state index in [1.807, 2.05) is 37.4 Å². The van der Waals surface area contributed by atoms with E-state index in [1.54, 1.807) is 12.1 Å². The minimum atomic E-state index is -0.565. The van der Waals surface area contributed by atoms with Crippen molar-refractivity contribution in [2.45, 2.75) is 6.54 Å². The van der Waals surface area contributed by atoms with Crippen molar-refractivity contribution < 1.29 is 9.72 Å². The third kappa shape index (κ3) is 4.66. The second-order valence-corrected chi connectivity index (χ2v) is 6.67. The molecule has 142 valence electrons. The first-order valence-corrected chi connectivity index (χ1v) is 8.92. The van der Waals surface area contributed by atoms with Gasteiger partial charge in [-0.1, -0.05) is 41.9 Å². The van der Waals surface area contributed by atoms with Gasteiger partial charge < -0.3 is 10.2 Å². The molecule has 6 nitrogen and oxygen atoms in total. The third-order valence-electron chi connectivity index (χ3n) is 4.23. The predicted octanol–water partition coefficient (Wildman–Crippen LogP) is 5.14. The monoisotopic (exact) mass is 395 g/mol. The Labute approximate surface area is 167 Å². The zero-order valence-corrected chi connectivity index (χ0v) is 15.9. The number of carbonyl (C=O) groups is 1. The summed E-state index contributed by atoms with van der Waals surface area (Å²) in [6, 6.07) is 21.2. The molecule has 0 bridgehead atoms. The number of anilines is 2. The Morgan fingerprint density at radius 1 is 1.07 bits per heavy atom. The maximum Gasteiger partial charge on any atom is 0.270 e. The highest BCUT2D eigenvalue weighted by Gasteiger charge is 2.16. The lowest BCUT2D eigenvalue weighted by atomic mass is 10.1. The van der Waals surface area contributed by atoms with E-state index in [2.05, 4.69) is 22.3 Å². The van der Waals surface area contributed by atoms with Crippen molar-refractivity contribution in [2.75, 3.05) is 17.3 Å². The van der Waals surface area contributed by atoms with E-state index in [4.69, 9.17) is 11.6 Å². The Balaban J connectivity index is 1.69. The molecule has 0 saturated heterocycles. The molecule has 1 amide bonds. The Morgan fingerprint density at radius 2 is 1.75 bits per heavy atom. The van der Waals surface area contributed by atoms with Gasteiger partial charge in [-0.15, -0.1) is 0 Å². The second kappa shape index (κ2) is 8.54. The lowest BCUT2D eigenvalue weighted by molar-refractivity contribution is -0.384. The molecule has 7 heteroatoms. The number of nitrogens with zero attached hydrogens (tertiary/aromatic N) is 2. The lowest BCUT2D eigenvalue weighted by Gasteiger charge is -2.20. The van der Waals surface area contributed by atoms with Crippen molar-refractivity contribution in [3.8, 4) is 0 Å². The second-order valence-electron chi connectivity index (χ2n) is 6.26. The zero-order chi connectivity index (χ0) is 20.1. The number of nitro groups is 1. The van der Waals surface area contributed by atoms with E-state index in [0.717, 1.165) is 12.2 Å². The largest absolute Gasteiger partial charge is 0.370 e. The summed E-state index contributed by atoms with van der Waals surface area (Å²) in [5.74, 6) is -0.501. The van der Waals surface area contributed by atoms with Crippen LogP contribution in [0.3, 0.4) is 0 Å². The molecule has 0 radical (unpaired) electrons. The van der Waals surface area contributed by atoms with E-state index in [-0.39, 0.29) is 16.3 Å². The van der Waals surface area contributed by atoms with Crippen LogP contribution in [0, 0.1) is 10.1 Å². The number of amides is 1. The van der Waals surface area contributed by atoms with Crippen LogP contribution in [0.25, 0.3) is 0 Å². The molecule has 0 unspecified atom stereocenters. The van der Waals surface area contributed by atoms with Gasteiger partial charge in [-0.25, -0.2) is 0 Å². The summed E-state index contributed by atoms with van der Waals surface area (Å²) in [6.45, 7) is 0.760. The van der Waals surface area contributed by atoms with Crippen LogP contribution < -0.4 is 10.2 Å². The maximum absolute atomic E-state index is 12.4. The van der Waals surface area contributed by atoms with Crippen LogP contribution in [-0.4, -0.2) is 17.9 Å². The summed E-state index contributed by atoms with van der Waals surface area (Å²) in [4.78, 5) is 24.9. The molecule has 0 spiro atoms. The van der Waals surface area contributed by atoms with Crippen LogP contribution in [0.1, 0.15) is 15.9 Å². The van der Waals surface area contributed by atoms with E-state index in [0.29, 0.717) is 5.69 Å². The molecule has 0 heterocycles. The quantitative estimate of drug-likeness (QED) is 0.463. The Kier molecular flexibility index (Phi) is 5.91. The summed E-state index contributed by atoms with van der Waals surface area (Å²) >= 11 is 6.02. The van der Waals surface area contributed by atoms with E-state index in [1.165, 1.54) is 23.8 Å². The number of halogens is 1. The number of hydrogen-bond acceptors (Lipinski definition) is 4. The molecule has 3 rings (SSSR count). The Bertz CT molecular complexity index is 992. The lowest BCUT2D eigenvalue weighted by Crippen LogP contribution is -2.16. The van der Waals surface area contributed by atoms with Gasteiger partial charge >= 0.3 is 0 Å². The van der Waals surface area contributed by atoms with Gasteiger partial charge in [0.05, 0.1) is 15.5 Å². The summed E-state index contributed by atoms with van der Waals surface area (Å²) in [7, 11) is 1.99. The third-order valence-corrected chi connectivity index (χ3v) is 4.56. The summed E-state index contributed by atoms with van der Waals surface area (Å²) in [6.07, 6.45) is 0. The molecule has 1 N–H and O–H groups in total. The number of benzene rings is 3. The van der Waals surface area contributed by atoms with Gasteiger partial charge in [0, 0.05) is 37.1 Å². The average Bonchev–Trinajstić information content (AvgIpc) is 2.69. The molecule has 0 aliphatic heterocycles. The molecule has 0 aliphatic carbocycles. The SMILES string of the molecule is CN(Cc1ccccc1)c1ccc(NC(=O)c2cc([N+](=O)[O-])ccc2Cl)cc1. The highest BCUT2D eigenvalue weighted by atomic mass is 35.5. The van der Waals surface area contributed by atoms with Gasteiger partial charge in [0.2, 0.25) is 0 Å². The fourth-order valence-electron chi connectivity index (χ4n) is 2.75. The fourth-order valence-corrected chi connectivity index (χ4v) is 2.95. The van der Waals surface area contributed by atoms with Crippen molar-refractivity contribution in [1.29, 1.82) is 0 Å². The zero-order valence-electron chi connectivity index (χ0n) is 15.1. The van der Waals surface area contributed by atoms with Crippen LogP contribution >= 0.6 is 11.6 Å². The molecule has 0 aromatic heterocycles. The first-order chi connectivity index (χ1) is 13.4. The number of non-ortho nitro benzene ring substituents is 1. The first kappa shape index (κ1) is 19.4. The Hall–Kier alpha value is -3.38. The molecule has 0 atom stereocenters. The van der Waals surface area contributed by atoms with Crippen molar-refractivity contribution >= 4 is 34.6 Å². The highest BCUT2D eigenvalue weighted by Crippen LogP contribution is 2.24. The normalized spacial score (nSPS) is 10.4. The number of hydrogen-bond donors (Lipinski definition) is 1. The molecule has 3 aromatic rings. The Morgan fingerprint density at radius 3 is 2.39 bits per heavy atom. The summed E-state index contributed by atoms with van der Waals surface area (Å²) in [5, 5.41) is 13.8. The number of carbonyl (C=O) groups excluding carboxylic acids is 1. The van der Waals surface area contributed by atoms with Gasteiger partial charge in [0.25, 0.3) is 11.6 Å². The standard InChI is InChI=1S/C21H18ClN3O3/c1-24(14-15-5-3-2-4-6-15)17-9-7-16(8-10-17)23-21(26)19-13-18(25(27)28)11-12-20(19)22/h2-13H,14H2,1H3,(H,23,26). The number of nitro benzene ring substituents is 1. The van der Waals surface area contributed by atoms with E-state index in [9.17, 15) is 14.9 Å². The van der Waals surface area contributed by atoms with Crippen LogP contribution in [0.15, 0.2) is 72.8 Å². The molecular formula is C21H18ClN3O3. The predicted molar refractivity (Wildman–Crippen MR) is 111 cm³/mol. The minimum absolute atomic E-state index is 0.0566. The van der Waals surface area contributed by atoms with Crippen LogP contribution in [-0.2, 0) is 6.54 Å². The summed E-state index contributed by atoms with van der Waals surface area (Å²) < 4.78 is 0. The molecular weight excluding hydrogens is 378 g/mol. The summed E-state index contributed by atoms with van der Waals surface area (Å²) in [5.41, 5.74) is 2.64. The molecule has 0 aliphatic rings. The number of rotatable bonds is 6. The topological polar surface area (TPSA) is 75.5 Å². The fraction of sp³-hybridized carbons (Fsp3) is 0.0952. The van der Waals surface area contributed by atoms with Gasteiger partial charge in [-0.3, -0.25) is 14.9 Å². The molecule has 0 fully saturated rings. The average molecular weight is 396 g/mol. The van der Waals surface area contributed by atoms with Crippen molar-refractivity contribution in [3.05, 3.63) is 99.1 Å². The van der Waals surface area contributed by atoms with Gasteiger partial charge in [-0.05, 0) is 35.9 Å². The maximum atomic E-state index is 12.4. The smallest absolute Gasteiger partial charge is 0.270 e. The van der Waals surface area contributed by atoms with Crippen molar-refractivity contribution in [2.24, 2.45) is 0 Å². The molecule has 28 heavy (non-hydrogen) atoms. The van der Waals surface area contributed by atoms with Crippen LogP contribution in [0.5, 0.6) is 0 Å². The van der Waals surface area contributed by atoms with Crippen LogP contribution in [0.2, 0.25) is 5.02 Å².